The van der Waals surface area contributed by atoms with Gasteiger partial charge in [-0.1, -0.05) is 0 Å². The SMILES string of the molecule is Cc1cc(N2CCc3c(c(C)nn3CC34CCC(NC(=O)[C@@H]5CCCOC5)(CC3)CC4)C2)c2cnn(C)c2n1. The van der Waals surface area contributed by atoms with Crippen LogP contribution < -0.4 is 10.2 Å². The van der Waals surface area contributed by atoms with Crippen molar-refractivity contribution < 1.29 is 9.53 Å². The maximum Gasteiger partial charge on any atom is 0.225 e. The molecule has 208 valence electrons. The van der Waals surface area contributed by atoms with Gasteiger partial charge >= 0.3 is 0 Å². The van der Waals surface area contributed by atoms with Gasteiger partial charge in [-0.3, -0.25) is 14.2 Å². The number of hydrogen-bond donors (Lipinski definition) is 1. The molecular weight excluding hydrogens is 490 g/mol. The van der Waals surface area contributed by atoms with Crippen LogP contribution >= 0.6 is 0 Å². The van der Waals surface area contributed by atoms with Crippen LogP contribution in [0.4, 0.5) is 5.69 Å². The fourth-order valence-corrected chi connectivity index (χ4v) is 7.80. The summed E-state index contributed by atoms with van der Waals surface area (Å²) >= 11 is 0. The number of hydrogen-bond acceptors (Lipinski definition) is 6. The van der Waals surface area contributed by atoms with E-state index in [1.165, 1.54) is 36.2 Å². The number of nitrogens with zero attached hydrogens (tertiary/aromatic N) is 6. The first-order valence-corrected chi connectivity index (χ1v) is 14.8. The molecule has 1 amide bonds. The Morgan fingerprint density at radius 2 is 1.97 bits per heavy atom. The minimum Gasteiger partial charge on any atom is -0.381 e. The van der Waals surface area contributed by atoms with Crippen molar-refractivity contribution in [2.45, 2.75) is 90.3 Å². The molecule has 0 aromatic carbocycles. The lowest BCUT2D eigenvalue weighted by molar-refractivity contribution is -0.133. The molecule has 3 saturated carbocycles. The summed E-state index contributed by atoms with van der Waals surface area (Å²) in [7, 11) is 1.96. The first kappa shape index (κ1) is 25.1. The van der Waals surface area contributed by atoms with Gasteiger partial charge in [-0.2, -0.15) is 10.2 Å². The lowest BCUT2D eigenvalue weighted by Crippen LogP contribution is -2.58. The largest absolute Gasteiger partial charge is 0.381 e. The zero-order chi connectivity index (χ0) is 26.8. The minimum absolute atomic E-state index is 0.00343. The van der Waals surface area contributed by atoms with Gasteiger partial charge in [0.2, 0.25) is 5.91 Å². The average Bonchev–Trinajstić information content (AvgIpc) is 3.48. The molecule has 1 atom stereocenters. The minimum atomic E-state index is -0.00343. The molecule has 2 aliphatic heterocycles. The van der Waals surface area contributed by atoms with Crippen LogP contribution in [0.1, 0.15) is 74.0 Å². The van der Waals surface area contributed by atoms with Crippen LogP contribution in [0.5, 0.6) is 0 Å². The van der Waals surface area contributed by atoms with Gasteiger partial charge in [0.15, 0.2) is 5.65 Å². The van der Waals surface area contributed by atoms with E-state index in [-0.39, 0.29) is 17.4 Å². The summed E-state index contributed by atoms with van der Waals surface area (Å²) in [5.74, 6) is 0.253. The summed E-state index contributed by atoms with van der Waals surface area (Å²) in [4.78, 5) is 20.2. The van der Waals surface area contributed by atoms with E-state index in [4.69, 9.17) is 14.8 Å². The van der Waals surface area contributed by atoms with Crippen molar-refractivity contribution in [3.05, 3.63) is 34.9 Å². The molecule has 0 spiro atoms. The second-order valence-electron chi connectivity index (χ2n) is 12.8. The zero-order valence-electron chi connectivity index (χ0n) is 23.6. The highest BCUT2D eigenvalue weighted by Crippen LogP contribution is 2.53. The molecule has 1 N–H and O–H groups in total. The van der Waals surface area contributed by atoms with Gasteiger partial charge in [0.05, 0.1) is 35.5 Å². The molecule has 2 bridgehead atoms. The van der Waals surface area contributed by atoms with Crippen molar-refractivity contribution in [1.82, 2.24) is 29.9 Å². The van der Waals surface area contributed by atoms with E-state index < -0.39 is 0 Å². The van der Waals surface area contributed by atoms with Gasteiger partial charge in [-0.15, -0.1) is 0 Å². The van der Waals surface area contributed by atoms with E-state index >= 15 is 0 Å². The van der Waals surface area contributed by atoms with E-state index in [0.717, 1.165) is 87.2 Å². The quantitative estimate of drug-likeness (QED) is 0.536. The van der Waals surface area contributed by atoms with Crippen LogP contribution in [0.15, 0.2) is 12.3 Å². The van der Waals surface area contributed by atoms with Crippen molar-refractivity contribution >= 4 is 22.6 Å². The molecular formula is C30H41N7O2. The maximum absolute atomic E-state index is 13.0. The number of carbonyl (C=O) groups is 1. The first-order valence-electron chi connectivity index (χ1n) is 14.8. The standard InChI is InChI=1S/C30H41N7O2/c1-20-15-26(23-16-31-35(3)27(23)32-20)36-13-6-25-24(17-36)21(2)34-37(25)19-29-7-10-30(11-8-29,12-9-29)33-28(38)22-5-4-14-39-18-22/h15-16,22H,4-14,17-19H2,1-3H3,(H,33,38)/t22-,29?,30?/m1/s1. The Kier molecular flexibility index (Phi) is 5.99. The summed E-state index contributed by atoms with van der Waals surface area (Å²) in [5, 5.41) is 14.2. The summed E-state index contributed by atoms with van der Waals surface area (Å²) in [6.07, 6.45) is 11.7. The van der Waals surface area contributed by atoms with Crippen LogP contribution in [-0.4, -0.2) is 55.7 Å². The normalized spacial score (nSPS) is 28.6. The number of fused-ring (bicyclic) bond motifs is 5. The fourth-order valence-electron chi connectivity index (χ4n) is 7.80. The van der Waals surface area contributed by atoms with Crippen LogP contribution in [0, 0.1) is 25.2 Å². The number of rotatable bonds is 5. The molecule has 3 aromatic heterocycles. The average molecular weight is 532 g/mol. The van der Waals surface area contributed by atoms with Crippen LogP contribution in [-0.2, 0) is 36.1 Å². The molecule has 5 aliphatic rings. The third kappa shape index (κ3) is 4.33. The molecule has 8 rings (SSSR count). The van der Waals surface area contributed by atoms with Gasteiger partial charge < -0.3 is 15.0 Å². The number of anilines is 1. The predicted octanol–water partition coefficient (Wildman–Crippen LogP) is 3.98. The Morgan fingerprint density at radius 3 is 2.72 bits per heavy atom. The Balaban J connectivity index is 1.05. The Bertz CT molecular complexity index is 1390. The molecule has 1 saturated heterocycles. The van der Waals surface area contributed by atoms with Gasteiger partial charge in [0, 0.05) is 62.2 Å². The lowest BCUT2D eigenvalue weighted by atomic mass is 9.57. The van der Waals surface area contributed by atoms with Gasteiger partial charge in [0.1, 0.15) is 0 Å². The van der Waals surface area contributed by atoms with E-state index in [0.29, 0.717) is 12.0 Å². The van der Waals surface area contributed by atoms with Gasteiger partial charge in [0.25, 0.3) is 0 Å². The Hall–Kier alpha value is -2.94. The van der Waals surface area contributed by atoms with Gasteiger partial charge in [-0.05, 0) is 76.7 Å². The van der Waals surface area contributed by atoms with Crippen LogP contribution in [0.3, 0.4) is 0 Å². The summed E-state index contributed by atoms with van der Waals surface area (Å²) in [5.41, 5.74) is 7.43. The topological polar surface area (TPSA) is 90.1 Å². The number of nitrogens with one attached hydrogen (secondary N) is 1. The predicted molar refractivity (Wildman–Crippen MR) is 150 cm³/mol. The van der Waals surface area contributed by atoms with E-state index in [9.17, 15) is 4.79 Å². The number of aromatic nitrogens is 5. The van der Waals surface area contributed by atoms with E-state index in [2.05, 4.69) is 39.9 Å². The highest BCUT2D eigenvalue weighted by Gasteiger charge is 2.50. The molecule has 9 heteroatoms. The molecule has 9 nitrogen and oxygen atoms in total. The van der Waals surface area contributed by atoms with Crippen LogP contribution in [0.25, 0.3) is 11.0 Å². The number of aryl methyl sites for hydroxylation is 3. The maximum atomic E-state index is 13.0. The molecule has 4 fully saturated rings. The number of amides is 1. The molecule has 5 heterocycles. The lowest BCUT2D eigenvalue weighted by Gasteiger charge is -2.54. The highest BCUT2D eigenvalue weighted by molar-refractivity contribution is 5.89. The van der Waals surface area contributed by atoms with E-state index in [1.54, 1.807) is 0 Å². The fraction of sp³-hybridized carbons (Fsp3) is 0.667. The zero-order valence-corrected chi connectivity index (χ0v) is 23.6. The van der Waals surface area contributed by atoms with Crippen LogP contribution in [0.2, 0.25) is 0 Å². The van der Waals surface area contributed by atoms with Crippen molar-refractivity contribution in [3.63, 3.8) is 0 Å². The molecule has 39 heavy (non-hydrogen) atoms. The molecule has 0 unspecified atom stereocenters. The summed E-state index contributed by atoms with van der Waals surface area (Å²) in [6, 6.07) is 2.20. The second kappa shape index (κ2) is 9.32. The number of ether oxygens (including phenoxy) is 1. The Labute approximate surface area is 230 Å². The molecule has 3 aromatic rings. The third-order valence-electron chi connectivity index (χ3n) is 10.3. The van der Waals surface area contributed by atoms with Crippen molar-refractivity contribution in [2.75, 3.05) is 24.7 Å². The van der Waals surface area contributed by atoms with E-state index in [1.807, 2.05) is 17.9 Å². The summed E-state index contributed by atoms with van der Waals surface area (Å²) in [6.45, 7) is 8.47. The van der Waals surface area contributed by atoms with Crippen molar-refractivity contribution in [1.29, 1.82) is 0 Å². The van der Waals surface area contributed by atoms with Crippen molar-refractivity contribution in [3.8, 4) is 0 Å². The molecule has 0 radical (unpaired) electrons. The second-order valence-corrected chi connectivity index (χ2v) is 12.8. The number of carbonyl (C=O) groups excluding carboxylic acids is 1. The summed E-state index contributed by atoms with van der Waals surface area (Å²) < 4.78 is 9.80. The highest BCUT2D eigenvalue weighted by atomic mass is 16.5. The van der Waals surface area contributed by atoms with Crippen molar-refractivity contribution in [2.24, 2.45) is 18.4 Å². The smallest absolute Gasteiger partial charge is 0.225 e. The number of pyridine rings is 1. The monoisotopic (exact) mass is 531 g/mol. The van der Waals surface area contributed by atoms with Gasteiger partial charge in [-0.25, -0.2) is 4.98 Å². The Morgan fingerprint density at radius 1 is 1.18 bits per heavy atom. The first-order chi connectivity index (χ1) is 18.8. The third-order valence-corrected chi connectivity index (χ3v) is 10.3. The molecule has 3 aliphatic carbocycles.